The highest BCUT2D eigenvalue weighted by molar-refractivity contribution is 5.85. The van der Waals surface area contributed by atoms with Crippen LogP contribution in [0.4, 0.5) is 0 Å². The molecule has 3 rings (SSSR count). The fraction of sp³-hybridized carbons (Fsp3) is 0.611. The molecule has 0 saturated carbocycles. The third-order valence-electron chi connectivity index (χ3n) is 5.04. The molecule has 128 valence electrons. The van der Waals surface area contributed by atoms with Crippen LogP contribution in [-0.4, -0.2) is 37.0 Å². The van der Waals surface area contributed by atoms with Crippen LogP contribution in [0, 0.1) is 5.92 Å². The molecule has 2 fully saturated rings. The number of carbonyl (C=O) groups excluding carboxylic acids is 1. The zero-order valence-corrected chi connectivity index (χ0v) is 14.8. The summed E-state index contributed by atoms with van der Waals surface area (Å²) in [4.78, 5) is 14.3. The van der Waals surface area contributed by atoms with Gasteiger partial charge >= 0.3 is 0 Å². The molecule has 2 atom stereocenters. The highest BCUT2D eigenvalue weighted by Gasteiger charge is 2.34. The molecule has 0 spiro atoms. The van der Waals surface area contributed by atoms with E-state index in [0.717, 1.165) is 11.3 Å². The molecule has 0 aliphatic carbocycles. The number of halogens is 1. The number of nitrogens with one attached hydrogen (secondary N) is 1. The van der Waals surface area contributed by atoms with E-state index in [0.29, 0.717) is 31.0 Å². The molecule has 2 bridgehead atoms. The number of rotatable bonds is 5. The quantitative estimate of drug-likeness (QED) is 0.897. The monoisotopic (exact) mass is 338 g/mol. The Balaban J connectivity index is 0.00000192. The molecule has 2 saturated heterocycles. The van der Waals surface area contributed by atoms with Crippen LogP contribution in [0.2, 0.25) is 0 Å². The molecule has 4 nitrogen and oxygen atoms in total. The number of nitrogens with zero attached hydrogens (tertiary/aromatic N) is 1. The molecule has 0 aromatic heterocycles. The lowest BCUT2D eigenvalue weighted by Crippen LogP contribution is -2.39. The van der Waals surface area contributed by atoms with Crippen LogP contribution in [0.1, 0.15) is 37.7 Å². The maximum absolute atomic E-state index is 12.5. The van der Waals surface area contributed by atoms with E-state index in [4.69, 9.17) is 4.74 Å². The highest BCUT2D eigenvalue weighted by atomic mass is 35.5. The van der Waals surface area contributed by atoms with Crippen LogP contribution in [0.15, 0.2) is 24.3 Å². The minimum atomic E-state index is 0. The minimum Gasteiger partial charge on any atom is -0.497 e. The van der Waals surface area contributed by atoms with E-state index in [2.05, 4.69) is 5.32 Å². The van der Waals surface area contributed by atoms with E-state index in [-0.39, 0.29) is 18.3 Å². The summed E-state index contributed by atoms with van der Waals surface area (Å²) in [6.45, 7) is 0.667. The van der Waals surface area contributed by atoms with Crippen molar-refractivity contribution >= 4 is 18.3 Å². The molecule has 1 aromatic carbocycles. The Labute approximate surface area is 145 Å². The van der Waals surface area contributed by atoms with Gasteiger partial charge in [-0.2, -0.15) is 0 Å². The number of benzene rings is 1. The standard InChI is InChI=1S/C18H26N2O2.ClH/c1-20(12-13-3-7-17(22-2)8-4-13)18(21)11-14-9-15-5-6-16(10-14)19-15;/h3-4,7-8,14-16,19H,5-6,9-12H2,1-2H3;1H. The van der Waals surface area contributed by atoms with Crippen molar-refractivity contribution < 1.29 is 9.53 Å². The van der Waals surface area contributed by atoms with Crippen LogP contribution in [0.25, 0.3) is 0 Å². The summed E-state index contributed by atoms with van der Waals surface area (Å²) in [5.41, 5.74) is 1.14. The van der Waals surface area contributed by atoms with E-state index in [9.17, 15) is 4.79 Å². The molecule has 1 aromatic rings. The SMILES string of the molecule is COc1ccc(CN(C)C(=O)CC2CC3CCC(C2)N3)cc1.Cl. The minimum absolute atomic E-state index is 0. The topological polar surface area (TPSA) is 41.6 Å². The predicted molar refractivity (Wildman–Crippen MR) is 94.0 cm³/mol. The van der Waals surface area contributed by atoms with Crippen molar-refractivity contribution in [2.75, 3.05) is 14.2 Å². The number of piperidine rings is 1. The van der Waals surface area contributed by atoms with Gasteiger partial charge in [0.25, 0.3) is 0 Å². The Bertz CT molecular complexity index is 508. The molecule has 0 radical (unpaired) electrons. The van der Waals surface area contributed by atoms with Crippen molar-refractivity contribution in [1.82, 2.24) is 10.2 Å². The van der Waals surface area contributed by atoms with Gasteiger partial charge in [-0.3, -0.25) is 4.79 Å². The van der Waals surface area contributed by atoms with Gasteiger partial charge in [0.2, 0.25) is 5.91 Å². The Morgan fingerprint density at radius 3 is 2.39 bits per heavy atom. The van der Waals surface area contributed by atoms with Crippen molar-refractivity contribution in [3.05, 3.63) is 29.8 Å². The second kappa shape index (κ2) is 8.02. The van der Waals surface area contributed by atoms with Crippen molar-refractivity contribution in [3.63, 3.8) is 0 Å². The summed E-state index contributed by atoms with van der Waals surface area (Å²) in [6.07, 6.45) is 5.60. The van der Waals surface area contributed by atoms with Crippen molar-refractivity contribution in [1.29, 1.82) is 0 Å². The largest absolute Gasteiger partial charge is 0.497 e. The summed E-state index contributed by atoms with van der Waals surface area (Å²) >= 11 is 0. The van der Waals surface area contributed by atoms with Gasteiger partial charge in [-0.15, -0.1) is 12.4 Å². The number of hydrogen-bond acceptors (Lipinski definition) is 3. The molecule has 2 unspecified atom stereocenters. The van der Waals surface area contributed by atoms with Crippen molar-refractivity contribution in [3.8, 4) is 5.75 Å². The summed E-state index contributed by atoms with van der Waals surface area (Å²) in [5, 5.41) is 3.64. The van der Waals surface area contributed by atoms with E-state index >= 15 is 0 Å². The summed E-state index contributed by atoms with van der Waals surface area (Å²) in [5.74, 6) is 1.68. The lowest BCUT2D eigenvalue weighted by Gasteiger charge is -2.30. The summed E-state index contributed by atoms with van der Waals surface area (Å²) < 4.78 is 5.16. The molecule has 23 heavy (non-hydrogen) atoms. The average molecular weight is 339 g/mol. The lowest BCUT2D eigenvalue weighted by atomic mass is 9.89. The van der Waals surface area contributed by atoms with Crippen molar-refractivity contribution in [2.24, 2.45) is 5.92 Å². The summed E-state index contributed by atoms with van der Waals surface area (Å²) in [6, 6.07) is 9.24. The van der Waals surface area contributed by atoms with E-state index in [1.807, 2.05) is 36.2 Å². The molecular formula is C18H27ClN2O2. The number of hydrogen-bond donors (Lipinski definition) is 1. The van der Waals surface area contributed by atoms with Gasteiger partial charge in [0.05, 0.1) is 7.11 Å². The van der Waals surface area contributed by atoms with Gasteiger partial charge in [0, 0.05) is 32.1 Å². The molecule has 1 amide bonds. The van der Waals surface area contributed by atoms with Crippen LogP contribution in [0.3, 0.4) is 0 Å². The second-order valence-corrected chi connectivity index (χ2v) is 6.78. The first-order chi connectivity index (χ1) is 10.6. The first-order valence-corrected chi connectivity index (χ1v) is 8.27. The van der Waals surface area contributed by atoms with Gasteiger partial charge in [-0.05, 0) is 49.3 Å². The molecule has 2 heterocycles. The molecule has 2 aliphatic rings. The van der Waals surface area contributed by atoms with Gasteiger partial charge in [0.15, 0.2) is 0 Å². The average Bonchev–Trinajstić information content (AvgIpc) is 2.86. The first kappa shape index (κ1) is 18.1. The van der Waals surface area contributed by atoms with Gasteiger partial charge in [-0.25, -0.2) is 0 Å². The molecular weight excluding hydrogens is 312 g/mol. The smallest absolute Gasteiger partial charge is 0.222 e. The van der Waals surface area contributed by atoms with E-state index < -0.39 is 0 Å². The summed E-state index contributed by atoms with van der Waals surface area (Å²) in [7, 11) is 3.57. The maximum atomic E-state index is 12.5. The van der Waals surface area contributed by atoms with Crippen molar-refractivity contribution in [2.45, 2.75) is 50.7 Å². The molecule has 5 heteroatoms. The fourth-order valence-electron chi connectivity index (χ4n) is 3.84. The van der Waals surface area contributed by atoms with E-state index in [1.165, 1.54) is 25.7 Å². The highest BCUT2D eigenvalue weighted by Crippen LogP contribution is 2.33. The number of carbonyl (C=O) groups is 1. The number of methoxy groups -OCH3 is 1. The fourth-order valence-corrected chi connectivity index (χ4v) is 3.84. The Kier molecular flexibility index (Phi) is 6.31. The van der Waals surface area contributed by atoms with Crippen LogP contribution < -0.4 is 10.1 Å². The zero-order chi connectivity index (χ0) is 15.5. The normalized spacial score (nSPS) is 25.6. The second-order valence-electron chi connectivity index (χ2n) is 6.78. The first-order valence-electron chi connectivity index (χ1n) is 8.27. The number of amides is 1. The third kappa shape index (κ3) is 4.61. The van der Waals surface area contributed by atoms with Gasteiger partial charge in [-0.1, -0.05) is 12.1 Å². The van der Waals surface area contributed by atoms with Crippen LogP contribution in [-0.2, 0) is 11.3 Å². The zero-order valence-electron chi connectivity index (χ0n) is 14.0. The Morgan fingerprint density at radius 1 is 1.22 bits per heavy atom. The van der Waals surface area contributed by atoms with Crippen LogP contribution >= 0.6 is 12.4 Å². The van der Waals surface area contributed by atoms with Gasteiger partial charge in [0.1, 0.15) is 5.75 Å². The predicted octanol–water partition coefficient (Wildman–Crippen LogP) is 3.00. The Hall–Kier alpha value is -1.26. The lowest BCUT2D eigenvalue weighted by molar-refractivity contribution is -0.131. The Morgan fingerprint density at radius 2 is 1.83 bits per heavy atom. The number of fused-ring (bicyclic) bond motifs is 2. The number of ether oxygens (including phenoxy) is 1. The molecule has 2 aliphatic heterocycles. The van der Waals surface area contributed by atoms with Crippen LogP contribution in [0.5, 0.6) is 5.75 Å². The third-order valence-corrected chi connectivity index (χ3v) is 5.04. The molecule has 1 N–H and O–H groups in total. The van der Waals surface area contributed by atoms with Gasteiger partial charge < -0.3 is 15.0 Å². The van der Waals surface area contributed by atoms with E-state index in [1.54, 1.807) is 7.11 Å². The maximum Gasteiger partial charge on any atom is 0.222 e.